The zero-order chi connectivity index (χ0) is 21.3. The van der Waals surface area contributed by atoms with Crippen molar-refractivity contribution >= 4 is 44.9 Å². The lowest BCUT2D eigenvalue weighted by Crippen LogP contribution is -2.20. The summed E-state index contributed by atoms with van der Waals surface area (Å²) >= 11 is 2.58. The number of carbonyl (C=O) groups excluding carboxylic acids is 1. The summed E-state index contributed by atoms with van der Waals surface area (Å²) in [5.41, 5.74) is 2.41. The molecular weight excluding hydrogens is 421 g/mol. The molecule has 0 aliphatic heterocycles. The van der Waals surface area contributed by atoms with Gasteiger partial charge in [-0.25, -0.2) is 9.37 Å². The number of benzene rings is 2. The highest BCUT2D eigenvalue weighted by Crippen LogP contribution is 2.31. The fourth-order valence-corrected chi connectivity index (χ4v) is 4.76. The number of nitrogens with zero attached hydrogens (tertiary/aromatic N) is 2. The van der Waals surface area contributed by atoms with Crippen LogP contribution in [0.15, 0.2) is 64.5 Å². The maximum atomic E-state index is 13.6. The average molecular weight is 440 g/mol. The zero-order valence-electron chi connectivity index (χ0n) is 16.3. The Balaban J connectivity index is 1.54. The molecule has 0 aliphatic carbocycles. The van der Waals surface area contributed by atoms with Crippen molar-refractivity contribution in [3.8, 4) is 10.4 Å². The van der Waals surface area contributed by atoms with Crippen molar-refractivity contribution < 1.29 is 9.18 Å². The summed E-state index contributed by atoms with van der Waals surface area (Å²) in [7, 11) is 1.65. The Hall–Kier alpha value is -2.97. The number of aryl methyl sites for hydroxylation is 1. The van der Waals surface area contributed by atoms with Crippen LogP contribution in [-0.2, 0) is 11.8 Å². The fourth-order valence-electron chi connectivity index (χ4n) is 2.91. The molecule has 0 fully saturated rings. The molecule has 30 heavy (non-hydrogen) atoms. The summed E-state index contributed by atoms with van der Waals surface area (Å²) in [4.78, 5) is 30.6. The van der Waals surface area contributed by atoms with Gasteiger partial charge >= 0.3 is 0 Å². The predicted molar refractivity (Wildman–Crippen MR) is 121 cm³/mol. The van der Waals surface area contributed by atoms with Crippen molar-refractivity contribution in [2.75, 3.05) is 11.1 Å². The number of hydrogen-bond acceptors (Lipinski definition) is 5. The molecule has 0 radical (unpaired) electrons. The van der Waals surface area contributed by atoms with Gasteiger partial charge in [0.05, 0.1) is 11.3 Å². The number of nitrogens with one attached hydrogen (secondary N) is 1. The normalized spacial score (nSPS) is 11.0. The molecule has 4 rings (SSSR count). The van der Waals surface area contributed by atoms with Gasteiger partial charge in [0, 0.05) is 17.6 Å². The summed E-state index contributed by atoms with van der Waals surface area (Å²) in [5, 5.41) is 3.12. The maximum Gasteiger partial charge on any atom is 0.271 e. The number of amides is 1. The van der Waals surface area contributed by atoms with E-state index in [4.69, 9.17) is 0 Å². The molecule has 0 spiro atoms. The summed E-state index contributed by atoms with van der Waals surface area (Å²) in [6.07, 6.45) is 0. The molecule has 1 N–H and O–H groups in total. The molecule has 0 aliphatic rings. The first kappa shape index (κ1) is 20.3. The van der Waals surface area contributed by atoms with Crippen LogP contribution in [-0.4, -0.2) is 21.2 Å². The molecule has 0 saturated carbocycles. The van der Waals surface area contributed by atoms with Gasteiger partial charge in [0.1, 0.15) is 10.5 Å². The van der Waals surface area contributed by atoms with Crippen molar-refractivity contribution in [1.29, 1.82) is 0 Å². The highest BCUT2D eigenvalue weighted by molar-refractivity contribution is 7.99. The third-order valence-corrected chi connectivity index (χ3v) is 6.75. The summed E-state index contributed by atoms with van der Waals surface area (Å²) in [6.45, 7) is 1.66. The van der Waals surface area contributed by atoms with E-state index < -0.39 is 0 Å². The number of rotatable bonds is 5. The van der Waals surface area contributed by atoms with Gasteiger partial charge in [0.2, 0.25) is 5.91 Å². The predicted octanol–water partition coefficient (Wildman–Crippen LogP) is 4.84. The van der Waals surface area contributed by atoms with E-state index in [1.54, 1.807) is 26.1 Å². The van der Waals surface area contributed by atoms with E-state index in [1.807, 2.05) is 36.4 Å². The van der Waals surface area contributed by atoms with E-state index in [-0.39, 0.29) is 23.0 Å². The standard InChI is InChI=1S/C22H18FN3O2S2/c1-13-8-9-15(10-16(13)23)24-19(27)12-29-22-25-17-11-18(14-6-4-3-5-7-14)30-20(17)21(28)26(22)2/h3-11H,12H2,1-2H3,(H,24,27). The van der Waals surface area contributed by atoms with Crippen LogP contribution in [0.2, 0.25) is 0 Å². The first-order valence-corrected chi connectivity index (χ1v) is 11.0. The first-order valence-electron chi connectivity index (χ1n) is 9.17. The molecule has 2 heterocycles. The second-order valence-electron chi connectivity index (χ2n) is 6.75. The van der Waals surface area contributed by atoms with E-state index in [9.17, 15) is 14.0 Å². The molecule has 4 aromatic rings. The van der Waals surface area contributed by atoms with Gasteiger partial charge in [-0.2, -0.15) is 0 Å². The van der Waals surface area contributed by atoms with Gasteiger partial charge in [0.15, 0.2) is 5.16 Å². The van der Waals surface area contributed by atoms with Crippen LogP contribution >= 0.6 is 23.1 Å². The van der Waals surface area contributed by atoms with Crippen LogP contribution in [0.25, 0.3) is 20.7 Å². The van der Waals surface area contributed by atoms with E-state index >= 15 is 0 Å². The minimum Gasteiger partial charge on any atom is -0.325 e. The van der Waals surface area contributed by atoms with E-state index in [1.165, 1.54) is 33.7 Å². The minimum absolute atomic E-state index is 0.0525. The molecule has 8 heteroatoms. The summed E-state index contributed by atoms with van der Waals surface area (Å²) in [6, 6.07) is 16.3. The molecule has 0 unspecified atom stereocenters. The van der Waals surface area contributed by atoms with Gasteiger partial charge in [-0.1, -0.05) is 48.2 Å². The Bertz CT molecular complexity index is 1300. The largest absolute Gasteiger partial charge is 0.325 e. The molecule has 2 aromatic heterocycles. The number of aromatic nitrogens is 2. The highest BCUT2D eigenvalue weighted by atomic mass is 32.2. The molecule has 5 nitrogen and oxygen atoms in total. The molecule has 0 saturated heterocycles. The van der Waals surface area contributed by atoms with Crippen LogP contribution in [0.3, 0.4) is 0 Å². The number of halogens is 1. The van der Waals surface area contributed by atoms with Crippen molar-refractivity contribution in [3.05, 3.63) is 76.3 Å². The maximum absolute atomic E-state index is 13.6. The lowest BCUT2D eigenvalue weighted by molar-refractivity contribution is -0.113. The number of thioether (sulfide) groups is 1. The molecule has 1 amide bonds. The van der Waals surface area contributed by atoms with Gasteiger partial charge < -0.3 is 5.32 Å². The lowest BCUT2D eigenvalue weighted by Gasteiger charge is -2.08. The molecule has 0 bridgehead atoms. The van der Waals surface area contributed by atoms with Crippen LogP contribution in [0.4, 0.5) is 10.1 Å². The Kier molecular flexibility index (Phi) is 5.69. The Morgan fingerprint density at radius 2 is 1.97 bits per heavy atom. The first-order chi connectivity index (χ1) is 14.4. The Morgan fingerprint density at radius 3 is 2.70 bits per heavy atom. The van der Waals surface area contributed by atoms with Gasteiger partial charge in [-0.3, -0.25) is 14.2 Å². The Labute approximate surface area is 180 Å². The second-order valence-corrected chi connectivity index (χ2v) is 8.75. The lowest BCUT2D eigenvalue weighted by atomic mass is 10.2. The Morgan fingerprint density at radius 1 is 1.20 bits per heavy atom. The van der Waals surface area contributed by atoms with E-state index in [2.05, 4.69) is 10.3 Å². The third kappa shape index (κ3) is 4.15. The monoisotopic (exact) mass is 439 g/mol. The van der Waals surface area contributed by atoms with Crippen LogP contribution in [0, 0.1) is 12.7 Å². The number of hydrogen-bond donors (Lipinski definition) is 1. The van der Waals surface area contributed by atoms with Crippen molar-refractivity contribution in [2.24, 2.45) is 7.05 Å². The second kappa shape index (κ2) is 8.41. The van der Waals surface area contributed by atoms with Gasteiger partial charge in [-0.05, 0) is 36.2 Å². The van der Waals surface area contributed by atoms with E-state index in [0.717, 1.165) is 10.4 Å². The molecule has 2 aromatic carbocycles. The number of thiophene rings is 1. The van der Waals surface area contributed by atoms with E-state index in [0.29, 0.717) is 26.6 Å². The van der Waals surface area contributed by atoms with Crippen molar-refractivity contribution in [3.63, 3.8) is 0 Å². The van der Waals surface area contributed by atoms with Crippen LogP contribution < -0.4 is 10.9 Å². The van der Waals surface area contributed by atoms with Crippen molar-refractivity contribution in [2.45, 2.75) is 12.1 Å². The number of fused-ring (bicyclic) bond motifs is 1. The average Bonchev–Trinajstić information content (AvgIpc) is 3.17. The molecular formula is C22H18FN3O2S2. The molecule has 0 atom stereocenters. The zero-order valence-corrected chi connectivity index (χ0v) is 17.9. The minimum atomic E-state index is -0.373. The smallest absolute Gasteiger partial charge is 0.271 e. The van der Waals surface area contributed by atoms with Gasteiger partial charge in [-0.15, -0.1) is 11.3 Å². The highest BCUT2D eigenvalue weighted by Gasteiger charge is 2.15. The summed E-state index contributed by atoms with van der Waals surface area (Å²) in [5.74, 6) is -0.619. The number of carbonyl (C=O) groups is 1. The third-order valence-electron chi connectivity index (χ3n) is 4.56. The van der Waals surface area contributed by atoms with Crippen LogP contribution in [0.5, 0.6) is 0 Å². The fraction of sp³-hybridized carbons (Fsp3) is 0.136. The summed E-state index contributed by atoms with van der Waals surface area (Å²) < 4.78 is 15.7. The topological polar surface area (TPSA) is 64.0 Å². The van der Waals surface area contributed by atoms with Crippen molar-refractivity contribution in [1.82, 2.24) is 9.55 Å². The number of anilines is 1. The molecule has 152 valence electrons. The van der Waals surface area contributed by atoms with Gasteiger partial charge in [0.25, 0.3) is 5.56 Å². The van der Waals surface area contributed by atoms with Crippen LogP contribution in [0.1, 0.15) is 5.56 Å². The SMILES string of the molecule is Cc1ccc(NC(=O)CSc2nc3cc(-c4ccccc4)sc3c(=O)n2C)cc1F. The quantitative estimate of drug-likeness (QED) is 0.357.